The van der Waals surface area contributed by atoms with Crippen LogP contribution in [0.5, 0.6) is 5.75 Å². The van der Waals surface area contributed by atoms with Crippen LogP contribution in [-0.2, 0) is 9.53 Å². The Morgan fingerprint density at radius 1 is 1.03 bits per heavy atom. The van der Waals surface area contributed by atoms with E-state index >= 15 is 0 Å². The molecule has 0 spiro atoms. The molecule has 31 heavy (non-hydrogen) atoms. The molecule has 0 amide bonds. The molecule has 0 heterocycles. The topological polar surface area (TPSA) is 76.0 Å². The zero-order chi connectivity index (χ0) is 22.1. The predicted octanol–water partition coefficient (Wildman–Crippen LogP) is 4.70. The summed E-state index contributed by atoms with van der Waals surface area (Å²) in [6.45, 7) is 0.400. The fourth-order valence-electron chi connectivity index (χ4n) is 4.45. The first-order chi connectivity index (χ1) is 15.1. The summed E-state index contributed by atoms with van der Waals surface area (Å²) in [5, 5.41) is 21.5. The molecule has 5 nitrogen and oxygen atoms in total. The van der Waals surface area contributed by atoms with Gasteiger partial charge in [-0.25, -0.2) is 0 Å². The minimum absolute atomic E-state index is 0.0300. The second-order valence-electron chi connectivity index (χ2n) is 8.36. The van der Waals surface area contributed by atoms with E-state index in [1.807, 2.05) is 24.3 Å². The number of carbonyl (C=O) groups is 1. The number of hydrogen-bond donors (Lipinski definition) is 2. The van der Waals surface area contributed by atoms with Crippen LogP contribution in [0.2, 0.25) is 0 Å². The second kappa shape index (κ2) is 12.3. The second-order valence-corrected chi connectivity index (χ2v) is 8.92. The highest BCUT2D eigenvalue weighted by Crippen LogP contribution is 2.39. The van der Waals surface area contributed by atoms with Crippen LogP contribution in [0.25, 0.3) is 10.8 Å². The normalized spacial score (nSPS) is 23.2. The van der Waals surface area contributed by atoms with Gasteiger partial charge in [-0.1, -0.05) is 49.6 Å². The summed E-state index contributed by atoms with van der Waals surface area (Å²) in [7, 11) is 0. The van der Waals surface area contributed by atoms with Gasteiger partial charge in [0.2, 0.25) is 0 Å². The summed E-state index contributed by atoms with van der Waals surface area (Å²) < 4.78 is 10.9. The lowest BCUT2D eigenvalue weighted by Gasteiger charge is -2.23. The van der Waals surface area contributed by atoms with Crippen molar-refractivity contribution in [3.8, 4) is 5.75 Å². The molecule has 0 bridgehead atoms. The summed E-state index contributed by atoms with van der Waals surface area (Å²) in [5.41, 5.74) is 0. The Kier molecular flexibility index (Phi) is 9.44. The monoisotopic (exact) mass is 448 g/mol. The van der Waals surface area contributed by atoms with E-state index in [1.165, 1.54) is 5.39 Å². The molecule has 2 aromatic rings. The average molecular weight is 449 g/mol. The minimum Gasteiger partial charge on any atom is -0.493 e. The lowest BCUT2D eigenvalue weighted by molar-refractivity contribution is -0.144. The highest BCUT2D eigenvalue weighted by molar-refractivity contribution is 6.21. The molecular formula is C25H33ClO5. The van der Waals surface area contributed by atoms with Crippen molar-refractivity contribution in [2.75, 3.05) is 19.8 Å². The third kappa shape index (κ3) is 7.09. The van der Waals surface area contributed by atoms with Crippen LogP contribution in [0.1, 0.15) is 44.9 Å². The smallest absolute Gasteiger partial charge is 0.305 e. The van der Waals surface area contributed by atoms with Crippen molar-refractivity contribution in [3.63, 3.8) is 0 Å². The third-order valence-electron chi connectivity index (χ3n) is 6.16. The van der Waals surface area contributed by atoms with Gasteiger partial charge >= 0.3 is 5.97 Å². The number of benzene rings is 2. The van der Waals surface area contributed by atoms with Crippen LogP contribution in [0, 0.1) is 11.8 Å². The van der Waals surface area contributed by atoms with Crippen molar-refractivity contribution < 1.29 is 24.5 Å². The summed E-state index contributed by atoms with van der Waals surface area (Å²) in [5.74, 6) is 0.824. The average Bonchev–Trinajstić information content (AvgIpc) is 3.05. The third-order valence-corrected chi connectivity index (χ3v) is 6.66. The van der Waals surface area contributed by atoms with Crippen LogP contribution in [0.4, 0.5) is 0 Å². The van der Waals surface area contributed by atoms with Crippen molar-refractivity contribution in [1.29, 1.82) is 0 Å². The Morgan fingerprint density at radius 2 is 1.81 bits per heavy atom. The maximum absolute atomic E-state index is 11.4. The van der Waals surface area contributed by atoms with E-state index in [2.05, 4.69) is 18.2 Å². The molecule has 3 rings (SSSR count). The molecule has 2 N–H and O–H groups in total. The first-order valence-electron chi connectivity index (χ1n) is 11.3. The standard InChI is InChI=1S/C25H33ClO5/c26-23-16-24(28)22(17-31-20-12-11-18-7-5-6-8-19(18)15-20)21(23)9-3-1-2-4-10-25(29)30-14-13-27/h5-8,11-12,15,21-24,27-28H,1-4,9-10,13-14,16-17H2/t21-,22-,23-,24-/m1/s1. The highest BCUT2D eigenvalue weighted by atomic mass is 35.5. The molecule has 1 saturated carbocycles. The Balaban J connectivity index is 1.42. The van der Waals surface area contributed by atoms with E-state index in [9.17, 15) is 9.90 Å². The molecule has 2 aromatic carbocycles. The Hall–Kier alpha value is -1.82. The van der Waals surface area contributed by atoms with Gasteiger partial charge in [-0.2, -0.15) is 0 Å². The lowest BCUT2D eigenvalue weighted by atomic mass is 9.90. The van der Waals surface area contributed by atoms with Crippen LogP contribution >= 0.6 is 11.6 Å². The first kappa shape index (κ1) is 23.8. The Morgan fingerprint density at radius 3 is 2.61 bits per heavy atom. The molecule has 1 fully saturated rings. The fraction of sp³-hybridized carbons (Fsp3) is 0.560. The number of ether oxygens (including phenoxy) is 2. The summed E-state index contributed by atoms with van der Waals surface area (Å²) in [4.78, 5) is 11.4. The van der Waals surface area contributed by atoms with Gasteiger partial charge in [-0.05, 0) is 48.1 Å². The van der Waals surface area contributed by atoms with Crippen molar-refractivity contribution in [1.82, 2.24) is 0 Å². The number of halogens is 1. The largest absolute Gasteiger partial charge is 0.493 e. The van der Waals surface area contributed by atoms with Crippen LogP contribution in [-0.4, -0.2) is 47.5 Å². The van der Waals surface area contributed by atoms with E-state index in [0.29, 0.717) is 19.4 Å². The Bertz CT molecular complexity index is 826. The molecule has 6 heteroatoms. The zero-order valence-electron chi connectivity index (χ0n) is 17.9. The van der Waals surface area contributed by atoms with Gasteiger partial charge in [0.05, 0.1) is 19.3 Å². The number of alkyl halides is 1. The SMILES string of the molecule is O=C(CCCCCC[C@@H]1[C@@H](COc2ccc3ccccc3c2)[C@H](O)C[C@H]1Cl)OCCO. The molecule has 0 aromatic heterocycles. The van der Waals surface area contributed by atoms with Crippen molar-refractivity contribution in [3.05, 3.63) is 42.5 Å². The fourth-order valence-corrected chi connectivity index (χ4v) is 4.94. The van der Waals surface area contributed by atoms with E-state index in [1.54, 1.807) is 0 Å². The van der Waals surface area contributed by atoms with E-state index < -0.39 is 6.10 Å². The van der Waals surface area contributed by atoms with Crippen molar-refractivity contribution >= 4 is 28.3 Å². The van der Waals surface area contributed by atoms with E-state index in [0.717, 1.165) is 43.2 Å². The molecule has 0 saturated heterocycles. The van der Waals surface area contributed by atoms with Gasteiger partial charge in [0.15, 0.2) is 0 Å². The van der Waals surface area contributed by atoms with E-state index in [-0.39, 0.29) is 36.4 Å². The quantitative estimate of drug-likeness (QED) is 0.279. The lowest BCUT2D eigenvalue weighted by Crippen LogP contribution is -2.27. The number of carbonyl (C=O) groups excluding carboxylic acids is 1. The maximum atomic E-state index is 11.4. The highest BCUT2D eigenvalue weighted by Gasteiger charge is 2.41. The van der Waals surface area contributed by atoms with Crippen molar-refractivity contribution in [2.24, 2.45) is 11.8 Å². The molecule has 0 unspecified atom stereocenters. The number of fused-ring (bicyclic) bond motifs is 1. The number of unbranched alkanes of at least 4 members (excludes halogenated alkanes) is 3. The minimum atomic E-state index is -0.436. The molecular weight excluding hydrogens is 416 g/mol. The zero-order valence-corrected chi connectivity index (χ0v) is 18.7. The van der Waals surface area contributed by atoms with Crippen LogP contribution < -0.4 is 4.74 Å². The number of hydrogen-bond acceptors (Lipinski definition) is 5. The summed E-state index contributed by atoms with van der Waals surface area (Å²) in [6, 6.07) is 14.2. The van der Waals surface area contributed by atoms with E-state index in [4.69, 9.17) is 26.2 Å². The Labute approximate surface area is 189 Å². The maximum Gasteiger partial charge on any atom is 0.305 e. The van der Waals surface area contributed by atoms with Gasteiger partial charge in [-0.3, -0.25) is 4.79 Å². The molecule has 170 valence electrons. The molecule has 4 atom stereocenters. The number of rotatable bonds is 12. The molecule has 0 radical (unpaired) electrons. The van der Waals surface area contributed by atoms with Crippen LogP contribution in [0.3, 0.4) is 0 Å². The van der Waals surface area contributed by atoms with Gasteiger partial charge in [0.25, 0.3) is 0 Å². The van der Waals surface area contributed by atoms with Gasteiger partial charge < -0.3 is 19.7 Å². The van der Waals surface area contributed by atoms with Gasteiger partial charge in [-0.15, -0.1) is 11.6 Å². The van der Waals surface area contributed by atoms with Crippen molar-refractivity contribution in [2.45, 2.75) is 56.4 Å². The first-order valence-corrected chi connectivity index (χ1v) is 11.7. The summed E-state index contributed by atoms with van der Waals surface area (Å²) >= 11 is 6.56. The number of aliphatic hydroxyl groups excluding tert-OH is 2. The molecule has 1 aliphatic carbocycles. The number of esters is 1. The summed E-state index contributed by atoms with van der Waals surface area (Å²) in [6.07, 6.45) is 5.28. The van der Waals surface area contributed by atoms with Gasteiger partial charge in [0, 0.05) is 17.7 Å². The predicted molar refractivity (Wildman–Crippen MR) is 122 cm³/mol. The van der Waals surface area contributed by atoms with Crippen LogP contribution in [0.15, 0.2) is 42.5 Å². The van der Waals surface area contributed by atoms with Gasteiger partial charge in [0.1, 0.15) is 12.4 Å². The molecule has 0 aliphatic heterocycles. The number of aliphatic hydroxyl groups is 2. The molecule has 1 aliphatic rings.